The minimum Gasteiger partial charge on any atom is -0.392 e. The Labute approximate surface area is 116 Å². The third-order valence-corrected chi connectivity index (χ3v) is 3.55. The lowest BCUT2D eigenvalue weighted by molar-refractivity contribution is -0.133. The summed E-state index contributed by atoms with van der Waals surface area (Å²) >= 11 is 0. The van der Waals surface area contributed by atoms with Crippen LogP contribution in [0.5, 0.6) is 0 Å². The van der Waals surface area contributed by atoms with Crippen LogP contribution in [0.25, 0.3) is 0 Å². The molecule has 1 amide bonds. The Hall–Kier alpha value is -1.35. The van der Waals surface area contributed by atoms with Crippen LogP contribution in [0.2, 0.25) is 0 Å². The van der Waals surface area contributed by atoms with Gasteiger partial charge in [0.25, 0.3) is 0 Å². The van der Waals surface area contributed by atoms with E-state index in [1.54, 1.807) is 18.9 Å². The molecule has 3 heteroatoms. The van der Waals surface area contributed by atoms with Gasteiger partial charge in [0, 0.05) is 13.6 Å². The maximum Gasteiger partial charge on any atom is 0.230 e. The number of nitrogens with zero attached hydrogens (tertiary/aromatic N) is 1. The van der Waals surface area contributed by atoms with E-state index in [4.69, 9.17) is 0 Å². The molecule has 0 radical (unpaired) electrons. The van der Waals surface area contributed by atoms with Gasteiger partial charge in [0.2, 0.25) is 5.91 Å². The van der Waals surface area contributed by atoms with Crippen LogP contribution in [0.3, 0.4) is 0 Å². The molecule has 1 aromatic rings. The van der Waals surface area contributed by atoms with E-state index in [1.165, 1.54) is 0 Å². The molecule has 19 heavy (non-hydrogen) atoms. The van der Waals surface area contributed by atoms with Crippen molar-refractivity contribution in [3.05, 3.63) is 35.9 Å². The summed E-state index contributed by atoms with van der Waals surface area (Å²) in [5.41, 5.74) is 1.05. The van der Waals surface area contributed by atoms with Crippen LogP contribution in [0, 0.1) is 5.92 Å². The summed E-state index contributed by atoms with van der Waals surface area (Å²) in [6.45, 7) is 6.28. The van der Waals surface area contributed by atoms with E-state index >= 15 is 0 Å². The van der Waals surface area contributed by atoms with Crippen LogP contribution in [0.15, 0.2) is 30.3 Å². The maximum atomic E-state index is 12.6. The van der Waals surface area contributed by atoms with Gasteiger partial charge in [0.1, 0.15) is 0 Å². The lowest BCUT2D eigenvalue weighted by Crippen LogP contribution is -2.38. The molecule has 0 heterocycles. The van der Waals surface area contributed by atoms with Crippen molar-refractivity contribution in [2.45, 2.75) is 39.2 Å². The van der Waals surface area contributed by atoms with Crippen LogP contribution in [-0.2, 0) is 4.79 Å². The first-order valence-corrected chi connectivity index (χ1v) is 6.95. The average Bonchev–Trinajstić information content (AvgIpc) is 2.39. The summed E-state index contributed by atoms with van der Waals surface area (Å²) in [6.07, 6.45) is 0.454. The molecule has 0 saturated heterocycles. The van der Waals surface area contributed by atoms with Crippen LogP contribution in [0.1, 0.15) is 38.7 Å². The summed E-state index contributed by atoms with van der Waals surface area (Å²) < 4.78 is 0. The first-order chi connectivity index (χ1) is 8.97. The zero-order chi connectivity index (χ0) is 14.4. The van der Waals surface area contributed by atoms with Crippen molar-refractivity contribution >= 4 is 5.91 Å². The number of benzene rings is 1. The van der Waals surface area contributed by atoms with Gasteiger partial charge >= 0.3 is 0 Å². The first kappa shape index (κ1) is 15.7. The third-order valence-electron chi connectivity index (χ3n) is 3.55. The van der Waals surface area contributed by atoms with Crippen LogP contribution in [0.4, 0.5) is 0 Å². The van der Waals surface area contributed by atoms with Gasteiger partial charge in [0.05, 0.1) is 12.0 Å². The lowest BCUT2D eigenvalue weighted by atomic mass is 9.84. The van der Waals surface area contributed by atoms with Gasteiger partial charge in [-0.15, -0.1) is 0 Å². The predicted octanol–water partition coefficient (Wildman–Crippen LogP) is 2.66. The molecule has 0 aromatic heterocycles. The molecule has 0 spiro atoms. The predicted molar refractivity (Wildman–Crippen MR) is 78.0 cm³/mol. The van der Waals surface area contributed by atoms with Crippen LogP contribution in [-0.4, -0.2) is 35.6 Å². The van der Waals surface area contributed by atoms with Gasteiger partial charge in [-0.2, -0.15) is 0 Å². The molecule has 0 saturated carbocycles. The number of amides is 1. The van der Waals surface area contributed by atoms with E-state index in [-0.39, 0.29) is 17.7 Å². The second-order valence-electron chi connectivity index (χ2n) is 5.34. The first-order valence-electron chi connectivity index (χ1n) is 6.95. The van der Waals surface area contributed by atoms with Gasteiger partial charge in [0.15, 0.2) is 0 Å². The number of hydrogen-bond donors (Lipinski definition) is 1. The molecular formula is C16H25NO2. The Morgan fingerprint density at radius 1 is 1.26 bits per heavy atom. The SMILES string of the molecule is CCC(C)C(C(=O)N(C)CC(C)O)c1ccccc1. The highest BCUT2D eigenvalue weighted by atomic mass is 16.3. The van der Waals surface area contributed by atoms with Gasteiger partial charge in [-0.05, 0) is 18.4 Å². The number of carbonyl (C=O) groups excluding carboxylic acids is 1. The van der Waals surface area contributed by atoms with E-state index in [1.807, 2.05) is 30.3 Å². The molecule has 3 atom stereocenters. The Morgan fingerprint density at radius 2 is 1.84 bits per heavy atom. The highest BCUT2D eigenvalue weighted by Crippen LogP contribution is 2.28. The molecule has 0 aliphatic rings. The second kappa shape index (κ2) is 7.29. The number of hydrogen-bond acceptors (Lipinski definition) is 2. The fourth-order valence-corrected chi connectivity index (χ4v) is 2.33. The molecule has 3 nitrogen and oxygen atoms in total. The van der Waals surface area contributed by atoms with Crippen molar-refractivity contribution in [2.75, 3.05) is 13.6 Å². The topological polar surface area (TPSA) is 40.5 Å². The zero-order valence-electron chi connectivity index (χ0n) is 12.3. The molecular weight excluding hydrogens is 238 g/mol. The molecule has 1 aromatic carbocycles. The van der Waals surface area contributed by atoms with Crippen molar-refractivity contribution in [1.29, 1.82) is 0 Å². The van der Waals surface area contributed by atoms with Crippen molar-refractivity contribution in [1.82, 2.24) is 4.90 Å². The molecule has 0 aliphatic carbocycles. The van der Waals surface area contributed by atoms with Gasteiger partial charge in [-0.3, -0.25) is 4.79 Å². The number of rotatable bonds is 6. The lowest BCUT2D eigenvalue weighted by Gasteiger charge is -2.28. The Bertz CT molecular complexity index is 389. The van der Waals surface area contributed by atoms with E-state index in [9.17, 15) is 9.90 Å². The average molecular weight is 263 g/mol. The standard InChI is InChI=1S/C16H25NO2/c1-5-12(2)15(14-9-7-6-8-10-14)16(19)17(4)11-13(3)18/h6-10,12-13,15,18H,5,11H2,1-4H3. The third kappa shape index (κ3) is 4.35. The van der Waals surface area contributed by atoms with E-state index in [0.29, 0.717) is 6.54 Å². The highest BCUT2D eigenvalue weighted by molar-refractivity contribution is 5.83. The molecule has 0 bridgehead atoms. The van der Waals surface area contributed by atoms with Crippen molar-refractivity contribution in [2.24, 2.45) is 5.92 Å². The Morgan fingerprint density at radius 3 is 2.32 bits per heavy atom. The molecule has 1 N–H and O–H groups in total. The van der Waals surface area contributed by atoms with E-state index in [0.717, 1.165) is 12.0 Å². The summed E-state index contributed by atoms with van der Waals surface area (Å²) in [5.74, 6) is 0.239. The maximum absolute atomic E-state index is 12.6. The molecule has 3 unspecified atom stereocenters. The summed E-state index contributed by atoms with van der Waals surface area (Å²) in [5, 5.41) is 9.43. The summed E-state index contributed by atoms with van der Waals surface area (Å²) in [4.78, 5) is 14.2. The number of likely N-dealkylation sites (N-methyl/N-ethyl adjacent to an activating group) is 1. The van der Waals surface area contributed by atoms with Crippen LogP contribution >= 0.6 is 0 Å². The Balaban J connectivity index is 2.95. The quantitative estimate of drug-likeness (QED) is 0.857. The smallest absolute Gasteiger partial charge is 0.230 e. The van der Waals surface area contributed by atoms with Crippen molar-refractivity contribution in [3.8, 4) is 0 Å². The fourth-order valence-electron chi connectivity index (χ4n) is 2.33. The Kier molecular flexibility index (Phi) is 6.03. The molecule has 1 rings (SSSR count). The van der Waals surface area contributed by atoms with Crippen LogP contribution < -0.4 is 0 Å². The molecule has 0 fully saturated rings. The second-order valence-corrected chi connectivity index (χ2v) is 5.34. The molecule has 106 valence electrons. The van der Waals surface area contributed by atoms with Crippen molar-refractivity contribution in [3.63, 3.8) is 0 Å². The minimum atomic E-state index is -0.498. The van der Waals surface area contributed by atoms with E-state index in [2.05, 4.69) is 13.8 Å². The monoisotopic (exact) mass is 263 g/mol. The zero-order valence-corrected chi connectivity index (χ0v) is 12.3. The van der Waals surface area contributed by atoms with Crippen molar-refractivity contribution < 1.29 is 9.90 Å². The summed E-state index contributed by atoms with van der Waals surface area (Å²) in [6, 6.07) is 9.90. The number of carbonyl (C=O) groups is 1. The largest absolute Gasteiger partial charge is 0.392 e. The van der Waals surface area contributed by atoms with E-state index < -0.39 is 6.10 Å². The van der Waals surface area contributed by atoms with Gasteiger partial charge < -0.3 is 10.0 Å². The number of aliphatic hydroxyl groups is 1. The molecule has 0 aliphatic heterocycles. The van der Waals surface area contributed by atoms with Gasteiger partial charge in [-0.1, -0.05) is 50.6 Å². The van der Waals surface area contributed by atoms with Gasteiger partial charge in [-0.25, -0.2) is 0 Å². The normalized spacial score (nSPS) is 15.6. The summed E-state index contributed by atoms with van der Waals surface area (Å²) in [7, 11) is 1.76. The fraction of sp³-hybridized carbons (Fsp3) is 0.562. The minimum absolute atomic E-state index is 0.0847. The highest BCUT2D eigenvalue weighted by Gasteiger charge is 2.28. The number of aliphatic hydroxyl groups excluding tert-OH is 1.